The Hall–Kier alpha value is -0.870. The minimum atomic E-state index is 0.746. The summed E-state index contributed by atoms with van der Waals surface area (Å²) in [4.78, 5) is 4.39. The highest BCUT2D eigenvalue weighted by atomic mass is 79.9. The lowest BCUT2D eigenvalue weighted by molar-refractivity contribution is 0.907. The zero-order valence-electron chi connectivity index (χ0n) is 9.05. The molecule has 0 atom stereocenters. The first-order valence-electron chi connectivity index (χ1n) is 4.97. The molecule has 0 saturated carbocycles. The Bertz CT molecular complexity index is 361. The summed E-state index contributed by atoms with van der Waals surface area (Å²) in [6.45, 7) is 4.91. The Labute approximate surface area is 98.9 Å². The van der Waals surface area contributed by atoms with E-state index in [0.717, 1.165) is 34.4 Å². The first-order chi connectivity index (χ1) is 7.20. The van der Waals surface area contributed by atoms with E-state index in [1.54, 1.807) is 0 Å². The van der Waals surface area contributed by atoms with Gasteiger partial charge in [-0.1, -0.05) is 35.0 Å². The van der Waals surface area contributed by atoms with Crippen LogP contribution in [0.1, 0.15) is 24.5 Å². The van der Waals surface area contributed by atoms with Crippen LogP contribution in [0.15, 0.2) is 27.7 Å². The van der Waals surface area contributed by atoms with Crippen molar-refractivity contribution in [3.8, 4) is 0 Å². The average molecular weight is 270 g/mol. The SMILES string of the molecule is CCCN=C(NN)c1cccc(Br)c1C. The highest BCUT2D eigenvalue weighted by Gasteiger charge is 2.06. The van der Waals surface area contributed by atoms with Crippen LogP contribution in [-0.2, 0) is 0 Å². The number of aliphatic imine (C=N–C) groups is 1. The van der Waals surface area contributed by atoms with Crippen molar-refractivity contribution in [2.24, 2.45) is 10.8 Å². The van der Waals surface area contributed by atoms with Crippen LogP contribution in [0.5, 0.6) is 0 Å². The normalized spacial score (nSPS) is 11.6. The van der Waals surface area contributed by atoms with E-state index < -0.39 is 0 Å². The summed E-state index contributed by atoms with van der Waals surface area (Å²) in [7, 11) is 0. The maximum absolute atomic E-state index is 5.47. The van der Waals surface area contributed by atoms with Crippen molar-refractivity contribution in [3.05, 3.63) is 33.8 Å². The Kier molecular flexibility index (Phi) is 4.78. The summed E-state index contributed by atoms with van der Waals surface area (Å²) < 4.78 is 1.07. The van der Waals surface area contributed by atoms with Crippen LogP contribution >= 0.6 is 15.9 Å². The second-order valence-corrected chi connectivity index (χ2v) is 4.14. The first kappa shape index (κ1) is 12.2. The largest absolute Gasteiger partial charge is 0.308 e. The number of rotatable bonds is 3. The summed E-state index contributed by atoms with van der Waals surface area (Å²) >= 11 is 3.49. The van der Waals surface area contributed by atoms with Crippen molar-refractivity contribution in [3.63, 3.8) is 0 Å². The van der Waals surface area contributed by atoms with Gasteiger partial charge in [-0.15, -0.1) is 0 Å². The van der Waals surface area contributed by atoms with Crippen molar-refractivity contribution in [1.29, 1.82) is 0 Å². The Morgan fingerprint density at radius 3 is 2.87 bits per heavy atom. The van der Waals surface area contributed by atoms with E-state index >= 15 is 0 Å². The zero-order valence-corrected chi connectivity index (χ0v) is 10.6. The van der Waals surface area contributed by atoms with Gasteiger partial charge >= 0.3 is 0 Å². The van der Waals surface area contributed by atoms with E-state index in [4.69, 9.17) is 5.84 Å². The molecule has 82 valence electrons. The number of nitrogens with zero attached hydrogens (tertiary/aromatic N) is 1. The number of nitrogens with one attached hydrogen (secondary N) is 1. The highest BCUT2D eigenvalue weighted by molar-refractivity contribution is 9.10. The van der Waals surface area contributed by atoms with Gasteiger partial charge in [0.05, 0.1) is 0 Å². The van der Waals surface area contributed by atoms with Gasteiger partial charge in [0.15, 0.2) is 0 Å². The quantitative estimate of drug-likeness (QED) is 0.383. The smallest absolute Gasteiger partial charge is 0.142 e. The molecule has 0 saturated heterocycles. The summed E-state index contributed by atoms with van der Waals surface area (Å²) in [5.74, 6) is 6.21. The summed E-state index contributed by atoms with van der Waals surface area (Å²) in [6.07, 6.45) is 1.01. The van der Waals surface area contributed by atoms with Gasteiger partial charge in [-0.2, -0.15) is 0 Å². The molecule has 0 bridgehead atoms. The van der Waals surface area contributed by atoms with Crippen LogP contribution in [0.4, 0.5) is 0 Å². The number of halogens is 1. The Balaban J connectivity index is 3.07. The Morgan fingerprint density at radius 2 is 2.27 bits per heavy atom. The van der Waals surface area contributed by atoms with E-state index in [1.165, 1.54) is 0 Å². The summed E-state index contributed by atoms with van der Waals surface area (Å²) in [5, 5.41) is 0. The fourth-order valence-electron chi connectivity index (χ4n) is 1.30. The van der Waals surface area contributed by atoms with Crippen molar-refractivity contribution in [2.45, 2.75) is 20.3 Å². The van der Waals surface area contributed by atoms with Gasteiger partial charge in [0.25, 0.3) is 0 Å². The molecule has 1 aromatic carbocycles. The molecule has 1 rings (SSSR count). The van der Waals surface area contributed by atoms with Crippen molar-refractivity contribution >= 4 is 21.8 Å². The fourth-order valence-corrected chi connectivity index (χ4v) is 1.66. The van der Waals surface area contributed by atoms with Gasteiger partial charge in [0.1, 0.15) is 5.84 Å². The molecule has 0 aliphatic rings. The lowest BCUT2D eigenvalue weighted by atomic mass is 10.1. The molecule has 1 aromatic rings. The topological polar surface area (TPSA) is 50.4 Å². The molecule has 4 heteroatoms. The lowest BCUT2D eigenvalue weighted by Crippen LogP contribution is -2.32. The molecule has 0 radical (unpaired) electrons. The second-order valence-electron chi connectivity index (χ2n) is 3.29. The number of amidine groups is 1. The predicted octanol–water partition coefficient (Wildman–Crippen LogP) is 2.38. The number of hydrogen-bond acceptors (Lipinski definition) is 2. The predicted molar refractivity (Wildman–Crippen MR) is 67.9 cm³/mol. The lowest BCUT2D eigenvalue weighted by Gasteiger charge is -2.10. The van der Waals surface area contributed by atoms with E-state index in [9.17, 15) is 0 Å². The number of hydrazine groups is 1. The molecular formula is C11H16BrN3. The molecule has 0 aliphatic carbocycles. The molecule has 3 N–H and O–H groups in total. The van der Waals surface area contributed by atoms with Gasteiger partial charge in [0, 0.05) is 16.6 Å². The van der Waals surface area contributed by atoms with E-state index in [2.05, 4.69) is 33.3 Å². The number of nitrogens with two attached hydrogens (primary N) is 1. The maximum Gasteiger partial charge on any atom is 0.142 e. The molecule has 0 unspecified atom stereocenters. The summed E-state index contributed by atoms with van der Waals surface area (Å²) in [5.41, 5.74) is 4.84. The van der Waals surface area contributed by atoms with Crippen molar-refractivity contribution < 1.29 is 0 Å². The molecule has 0 heterocycles. The minimum Gasteiger partial charge on any atom is -0.308 e. The number of benzene rings is 1. The molecule has 0 fully saturated rings. The van der Waals surface area contributed by atoms with Gasteiger partial charge in [-0.05, 0) is 25.0 Å². The highest BCUT2D eigenvalue weighted by Crippen LogP contribution is 2.19. The molecule has 3 nitrogen and oxygen atoms in total. The monoisotopic (exact) mass is 269 g/mol. The molecule has 0 spiro atoms. The minimum absolute atomic E-state index is 0.746. The molecule has 0 amide bonds. The third-order valence-corrected chi connectivity index (χ3v) is 3.01. The van der Waals surface area contributed by atoms with Crippen LogP contribution in [0, 0.1) is 6.92 Å². The third-order valence-electron chi connectivity index (χ3n) is 2.15. The van der Waals surface area contributed by atoms with E-state index in [1.807, 2.05) is 25.1 Å². The second kappa shape index (κ2) is 5.88. The van der Waals surface area contributed by atoms with Gasteiger partial charge in [-0.25, -0.2) is 5.84 Å². The van der Waals surface area contributed by atoms with Crippen LogP contribution in [0.25, 0.3) is 0 Å². The van der Waals surface area contributed by atoms with Gasteiger partial charge in [-0.3, -0.25) is 4.99 Å². The molecule has 15 heavy (non-hydrogen) atoms. The maximum atomic E-state index is 5.47. The van der Waals surface area contributed by atoms with Gasteiger partial charge < -0.3 is 5.43 Å². The van der Waals surface area contributed by atoms with Crippen molar-refractivity contribution in [1.82, 2.24) is 5.43 Å². The Morgan fingerprint density at radius 1 is 1.53 bits per heavy atom. The van der Waals surface area contributed by atoms with E-state index in [-0.39, 0.29) is 0 Å². The van der Waals surface area contributed by atoms with Crippen LogP contribution in [-0.4, -0.2) is 12.4 Å². The average Bonchev–Trinajstić information content (AvgIpc) is 2.25. The van der Waals surface area contributed by atoms with E-state index in [0.29, 0.717) is 0 Å². The number of hydrogen-bond donors (Lipinski definition) is 2. The molecular weight excluding hydrogens is 254 g/mol. The standard InChI is InChI=1S/C11H16BrN3/c1-3-7-14-11(15-13)9-5-4-6-10(12)8(9)2/h4-6H,3,7,13H2,1-2H3,(H,14,15). The van der Waals surface area contributed by atoms with Crippen molar-refractivity contribution in [2.75, 3.05) is 6.54 Å². The molecule has 0 aliphatic heterocycles. The fraction of sp³-hybridized carbons (Fsp3) is 0.364. The first-order valence-corrected chi connectivity index (χ1v) is 5.76. The zero-order chi connectivity index (χ0) is 11.3. The van der Waals surface area contributed by atoms with Crippen LogP contribution in [0.3, 0.4) is 0 Å². The van der Waals surface area contributed by atoms with Crippen LogP contribution < -0.4 is 11.3 Å². The summed E-state index contributed by atoms with van der Waals surface area (Å²) in [6, 6.07) is 5.99. The van der Waals surface area contributed by atoms with Gasteiger partial charge in [0.2, 0.25) is 0 Å². The molecule has 0 aromatic heterocycles. The van der Waals surface area contributed by atoms with Crippen LogP contribution in [0.2, 0.25) is 0 Å². The third kappa shape index (κ3) is 3.04.